The topological polar surface area (TPSA) is 41.4 Å². The maximum Gasteiger partial charge on any atom is 0.254 e. The zero-order valence-electron chi connectivity index (χ0n) is 14.0. The highest BCUT2D eigenvalue weighted by Crippen LogP contribution is 2.22. The van der Waals surface area contributed by atoms with Crippen LogP contribution in [-0.2, 0) is 7.05 Å². The molecule has 1 aliphatic heterocycles. The van der Waals surface area contributed by atoms with Crippen molar-refractivity contribution in [3.05, 3.63) is 59.1 Å². The van der Waals surface area contributed by atoms with Crippen LogP contribution in [0.3, 0.4) is 0 Å². The van der Waals surface area contributed by atoms with Crippen LogP contribution < -0.4 is 4.90 Å². The van der Waals surface area contributed by atoms with Crippen molar-refractivity contribution in [1.29, 1.82) is 0 Å². The van der Waals surface area contributed by atoms with Crippen LogP contribution in [0.4, 0.5) is 5.95 Å². The Hall–Kier alpha value is -2.53. The molecule has 0 bridgehead atoms. The van der Waals surface area contributed by atoms with E-state index in [9.17, 15) is 4.79 Å². The molecule has 1 fully saturated rings. The van der Waals surface area contributed by atoms with Crippen LogP contribution in [-0.4, -0.2) is 46.5 Å². The lowest BCUT2D eigenvalue weighted by Crippen LogP contribution is -2.49. The lowest BCUT2D eigenvalue weighted by Gasteiger charge is -2.35. The molecule has 25 heavy (non-hydrogen) atoms. The molecule has 1 aliphatic rings. The number of hydrogen-bond acceptors (Lipinski definition) is 3. The van der Waals surface area contributed by atoms with Gasteiger partial charge in [0.1, 0.15) is 0 Å². The Labute approximate surface area is 151 Å². The lowest BCUT2D eigenvalue weighted by molar-refractivity contribution is 0.0746. The van der Waals surface area contributed by atoms with Crippen molar-refractivity contribution in [1.82, 2.24) is 14.5 Å². The average molecular weight is 355 g/mol. The Bertz CT molecular complexity index is 928. The minimum Gasteiger partial charge on any atom is -0.339 e. The SMILES string of the molecule is Cn1c(N2CCN(C(=O)c3cccc(Cl)c3)CC2)nc2ccccc21. The van der Waals surface area contributed by atoms with Gasteiger partial charge in [-0.25, -0.2) is 4.98 Å². The number of halogens is 1. The summed E-state index contributed by atoms with van der Waals surface area (Å²) in [6.45, 7) is 2.88. The summed E-state index contributed by atoms with van der Waals surface area (Å²) in [4.78, 5) is 21.5. The molecule has 1 amide bonds. The smallest absolute Gasteiger partial charge is 0.254 e. The number of aromatic nitrogens is 2. The van der Waals surface area contributed by atoms with E-state index in [1.54, 1.807) is 12.1 Å². The Kier molecular flexibility index (Phi) is 4.09. The predicted octanol–water partition coefficient (Wildman–Crippen LogP) is 3.19. The molecular weight excluding hydrogens is 336 g/mol. The number of para-hydroxylation sites is 2. The molecule has 1 aromatic heterocycles. The van der Waals surface area contributed by atoms with Crippen LogP contribution in [0.1, 0.15) is 10.4 Å². The van der Waals surface area contributed by atoms with Crippen molar-refractivity contribution in [2.24, 2.45) is 7.05 Å². The summed E-state index contributed by atoms with van der Waals surface area (Å²) < 4.78 is 2.11. The standard InChI is InChI=1S/C19H19ClN4O/c1-22-17-8-3-2-7-16(17)21-19(22)24-11-9-23(10-12-24)18(25)14-5-4-6-15(20)13-14/h2-8,13H,9-12H2,1H3. The second-order valence-corrected chi connectivity index (χ2v) is 6.69. The molecule has 1 saturated heterocycles. The average Bonchev–Trinajstić information content (AvgIpc) is 2.98. The normalized spacial score (nSPS) is 15.0. The molecule has 5 nitrogen and oxygen atoms in total. The van der Waals surface area contributed by atoms with Gasteiger partial charge in [-0.1, -0.05) is 29.8 Å². The summed E-state index contributed by atoms with van der Waals surface area (Å²) in [5, 5.41) is 0.587. The third-order valence-corrected chi connectivity index (χ3v) is 4.92. The Balaban J connectivity index is 1.49. The highest BCUT2D eigenvalue weighted by atomic mass is 35.5. The second-order valence-electron chi connectivity index (χ2n) is 6.25. The molecule has 2 heterocycles. The minimum absolute atomic E-state index is 0.0344. The van der Waals surface area contributed by atoms with E-state index < -0.39 is 0 Å². The zero-order chi connectivity index (χ0) is 17.4. The van der Waals surface area contributed by atoms with E-state index in [4.69, 9.17) is 16.6 Å². The fourth-order valence-electron chi connectivity index (χ4n) is 3.33. The summed E-state index contributed by atoms with van der Waals surface area (Å²) in [5.74, 6) is 0.989. The molecule has 0 unspecified atom stereocenters. The van der Waals surface area contributed by atoms with Gasteiger partial charge in [-0.2, -0.15) is 0 Å². The molecule has 128 valence electrons. The van der Waals surface area contributed by atoms with E-state index >= 15 is 0 Å². The summed E-state index contributed by atoms with van der Waals surface area (Å²) in [6, 6.07) is 15.2. The first kappa shape index (κ1) is 16.0. The number of imidazole rings is 1. The van der Waals surface area contributed by atoms with Crippen LogP contribution >= 0.6 is 11.6 Å². The number of hydrogen-bond donors (Lipinski definition) is 0. The first-order valence-electron chi connectivity index (χ1n) is 8.35. The zero-order valence-corrected chi connectivity index (χ0v) is 14.8. The highest BCUT2D eigenvalue weighted by Gasteiger charge is 2.24. The van der Waals surface area contributed by atoms with Crippen molar-refractivity contribution in [3.63, 3.8) is 0 Å². The molecule has 0 spiro atoms. The number of rotatable bonds is 2. The van der Waals surface area contributed by atoms with Crippen LogP contribution in [0.2, 0.25) is 5.02 Å². The molecule has 0 N–H and O–H groups in total. The van der Waals surface area contributed by atoms with Gasteiger partial charge in [0.25, 0.3) is 5.91 Å². The summed E-state index contributed by atoms with van der Waals surface area (Å²) in [6.07, 6.45) is 0. The van der Waals surface area contributed by atoms with Gasteiger partial charge in [0.2, 0.25) is 5.95 Å². The van der Waals surface area contributed by atoms with Gasteiger partial charge < -0.3 is 14.4 Å². The van der Waals surface area contributed by atoms with E-state index in [2.05, 4.69) is 15.5 Å². The fraction of sp³-hybridized carbons (Fsp3) is 0.263. The van der Waals surface area contributed by atoms with Gasteiger partial charge in [-0.05, 0) is 30.3 Å². The lowest BCUT2D eigenvalue weighted by atomic mass is 10.2. The van der Waals surface area contributed by atoms with E-state index in [1.165, 1.54) is 0 Å². The molecule has 3 aromatic rings. The van der Waals surface area contributed by atoms with Gasteiger partial charge in [0.05, 0.1) is 11.0 Å². The second kappa shape index (κ2) is 6.41. The third kappa shape index (κ3) is 2.96. The number of carbonyl (C=O) groups is 1. The molecule has 0 aliphatic carbocycles. The number of aryl methyl sites for hydroxylation is 1. The largest absolute Gasteiger partial charge is 0.339 e. The summed E-state index contributed by atoms with van der Waals surface area (Å²) in [5.41, 5.74) is 2.76. The Morgan fingerprint density at radius 1 is 1.04 bits per heavy atom. The molecule has 0 radical (unpaired) electrons. The van der Waals surface area contributed by atoms with Gasteiger partial charge in [-0.3, -0.25) is 4.79 Å². The van der Waals surface area contributed by atoms with Crippen LogP contribution in [0.25, 0.3) is 11.0 Å². The number of benzene rings is 2. The number of nitrogens with zero attached hydrogens (tertiary/aromatic N) is 4. The maximum absolute atomic E-state index is 12.6. The number of fused-ring (bicyclic) bond motifs is 1. The van der Waals surface area contributed by atoms with E-state index in [0.29, 0.717) is 23.7 Å². The first-order chi connectivity index (χ1) is 12.1. The van der Waals surface area contributed by atoms with Gasteiger partial charge >= 0.3 is 0 Å². The van der Waals surface area contributed by atoms with Crippen molar-refractivity contribution in [2.75, 3.05) is 31.1 Å². The number of amides is 1. The first-order valence-corrected chi connectivity index (χ1v) is 8.72. The number of piperazine rings is 1. The van der Waals surface area contributed by atoms with E-state index in [-0.39, 0.29) is 5.91 Å². The monoisotopic (exact) mass is 354 g/mol. The van der Waals surface area contributed by atoms with Gasteiger partial charge in [-0.15, -0.1) is 0 Å². The van der Waals surface area contributed by atoms with E-state index in [1.807, 2.05) is 42.3 Å². The molecule has 2 aromatic carbocycles. The Morgan fingerprint density at radius 3 is 2.52 bits per heavy atom. The van der Waals surface area contributed by atoms with Crippen LogP contribution in [0.5, 0.6) is 0 Å². The summed E-state index contributed by atoms with van der Waals surface area (Å²) in [7, 11) is 2.04. The van der Waals surface area contributed by atoms with Crippen LogP contribution in [0, 0.1) is 0 Å². The molecule has 0 saturated carbocycles. The van der Waals surface area contributed by atoms with Crippen molar-refractivity contribution >= 4 is 34.5 Å². The quantitative estimate of drug-likeness (QED) is 0.709. The number of carbonyl (C=O) groups excluding carboxylic acids is 1. The molecular formula is C19H19ClN4O. The van der Waals surface area contributed by atoms with Crippen molar-refractivity contribution in [3.8, 4) is 0 Å². The molecule has 4 rings (SSSR count). The minimum atomic E-state index is 0.0344. The van der Waals surface area contributed by atoms with Crippen LogP contribution in [0.15, 0.2) is 48.5 Å². The van der Waals surface area contributed by atoms with Gasteiger partial charge in [0, 0.05) is 43.8 Å². The van der Waals surface area contributed by atoms with Crippen molar-refractivity contribution in [2.45, 2.75) is 0 Å². The summed E-state index contributed by atoms with van der Waals surface area (Å²) >= 11 is 6.00. The van der Waals surface area contributed by atoms with Crippen molar-refractivity contribution < 1.29 is 4.79 Å². The Morgan fingerprint density at radius 2 is 1.80 bits per heavy atom. The van der Waals surface area contributed by atoms with E-state index in [0.717, 1.165) is 30.1 Å². The molecule has 0 atom stereocenters. The highest BCUT2D eigenvalue weighted by molar-refractivity contribution is 6.30. The number of anilines is 1. The fourth-order valence-corrected chi connectivity index (χ4v) is 3.52. The third-order valence-electron chi connectivity index (χ3n) is 4.68. The maximum atomic E-state index is 12.6. The van der Waals surface area contributed by atoms with Gasteiger partial charge in [0.15, 0.2) is 0 Å². The predicted molar refractivity (Wildman–Crippen MR) is 100 cm³/mol. The molecule has 6 heteroatoms.